The van der Waals surface area contributed by atoms with E-state index in [0.717, 1.165) is 39.4 Å². The van der Waals surface area contributed by atoms with Gasteiger partial charge in [0.15, 0.2) is 0 Å². The Morgan fingerprint density at radius 1 is 1.04 bits per heavy atom. The Morgan fingerprint density at radius 3 is 2.67 bits per heavy atom. The van der Waals surface area contributed by atoms with Crippen LogP contribution >= 0.6 is 11.3 Å². The summed E-state index contributed by atoms with van der Waals surface area (Å²) in [6, 6.07) is 18.3. The van der Waals surface area contributed by atoms with Crippen molar-refractivity contribution in [3.8, 4) is 0 Å². The Hall–Kier alpha value is -1.88. The number of morpholine rings is 1. The highest BCUT2D eigenvalue weighted by Gasteiger charge is 2.37. The van der Waals surface area contributed by atoms with Gasteiger partial charge in [0.05, 0.1) is 13.2 Å². The number of hydrogen-bond acceptors (Lipinski definition) is 4. The lowest BCUT2D eigenvalue weighted by Gasteiger charge is -2.41. The van der Waals surface area contributed by atoms with Crippen molar-refractivity contribution >= 4 is 27.1 Å². The first-order valence-corrected chi connectivity index (χ1v) is 10.6. The lowest BCUT2D eigenvalue weighted by atomic mass is 9.75. The number of benzene rings is 2. The molecule has 2 aliphatic heterocycles. The summed E-state index contributed by atoms with van der Waals surface area (Å²) in [5, 5.41) is 1.36. The maximum atomic E-state index is 5.52. The summed E-state index contributed by atoms with van der Waals surface area (Å²) in [7, 11) is 2.25. The van der Waals surface area contributed by atoms with E-state index in [0.29, 0.717) is 0 Å². The Kier molecular flexibility index (Phi) is 4.23. The molecule has 0 saturated carbocycles. The molecule has 1 atom stereocenters. The summed E-state index contributed by atoms with van der Waals surface area (Å²) in [4.78, 5) is 6.39. The van der Waals surface area contributed by atoms with Crippen LogP contribution in [-0.4, -0.2) is 44.8 Å². The van der Waals surface area contributed by atoms with Crippen LogP contribution in [0.3, 0.4) is 0 Å². The minimum absolute atomic E-state index is 0.0373. The maximum Gasteiger partial charge on any atom is 0.0642 e. The summed E-state index contributed by atoms with van der Waals surface area (Å²) in [5.41, 5.74) is 4.33. The van der Waals surface area contributed by atoms with Crippen molar-refractivity contribution in [3.05, 3.63) is 64.5 Å². The van der Waals surface area contributed by atoms with Crippen LogP contribution in [0.4, 0.5) is 5.69 Å². The fraction of sp³-hybridized carbons (Fsp3) is 0.391. The van der Waals surface area contributed by atoms with Gasteiger partial charge in [0.25, 0.3) is 0 Å². The molecule has 2 aliphatic rings. The standard InChI is InChI=1S/C23H26N2OS/c1-23(22-14-17-5-3-4-6-21(17)27-22)16-24(2)15-18-13-19(7-8-20(18)23)25-9-11-26-12-10-25/h3-8,13-14H,9-12,15-16H2,1-2H3. The molecule has 0 radical (unpaired) electrons. The molecule has 1 saturated heterocycles. The van der Waals surface area contributed by atoms with Crippen LogP contribution < -0.4 is 4.90 Å². The maximum absolute atomic E-state index is 5.52. The van der Waals surface area contributed by atoms with E-state index in [1.54, 1.807) is 0 Å². The van der Waals surface area contributed by atoms with Gasteiger partial charge in [-0.3, -0.25) is 0 Å². The molecular formula is C23H26N2OS. The normalized spacial score (nSPS) is 23.6. The first-order valence-electron chi connectivity index (χ1n) is 9.77. The van der Waals surface area contributed by atoms with Gasteiger partial charge >= 0.3 is 0 Å². The van der Waals surface area contributed by atoms with E-state index < -0.39 is 0 Å². The van der Waals surface area contributed by atoms with Crippen molar-refractivity contribution in [2.75, 3.05) is 44.8 Å². The smallest absolute Gasteiger partial charge is 0.0642 e. The fourth-order valence-corrected chi connectivity index (χ4v) is 5.92. The summed E-state index contributed by atoms with van der Waals surface area (Å²) >= 11 is 1.95. The molecule has 1 fully saturated rings. The first-order chi connectivity index (χ1) is 13.1. The minimum atomic E-state index is 0.0373. The molecule has 140 valence electrons. The number of likely N-dealkylation sites (N-methyl/N-ethyl adjacent to an activating group) is 1. The number of anilines is 1. The third-order valence-corrected chi connectivity index (χ3v) is 7.44. The molecule has 4 heteroatoms. The van der Waals surface area contributed by atoms with Crippen LogP contribution in [0.25, 0.3) is 10.1 Å². The predicted octanol–water partition coefficient (Wildman–Crippen LogP) is 4.49. The molecule has 1 aromatic heterocycles. The molecule has 27 heavy (non-hydrogen) atoms. The zero-order valence-corrected chi connectivity index (χ0v) is 16.9. The second-order valence-corrected chi connectivity index (χ2v) is 9.18. The van der Waals surface area contributed by atoms with Gasteiger partial charge in [-0.25, -0.2) is 0 Å². The highest BCUT2D eigenvalue weighted by Crippen LogP contribution is 2.44. The third kappa shape index (κ3) is 2.96. The lowest BCUT2D eigenvalue weighted by Crippen LogP contribution is -2.42. The average Bonchev–Trinajstić information content (AvgIpc) is 3.13. The predicted molar refractivity (Wildman–Crippen MR) is 114 cm³/mol. The molecule has 2 aromatic carbocycles. The van der Waals surface area contributed by atoms with Gasteiger partial charge < -0.3 is 14.5 Å². The van der Waals surface area contributed by atoms with Gasteiger partial charge in [0, 0.05) is 46.9 Å². The largest absolute Gasteiger partial charge is 0.378 e. The minimum Gasteiger partial charge on any atom is -0.378 e. The molecule has 1 unspecified atom stereocenters. The molecule has 0 amide bonds. The van der Waals surface area contributed by atoms with E-state index in [9.17, 15) is 0 Å². The first kappa shape index (κ1) is 17.2. The summed E-state index contributed by atoms with van der Waals surface area (Å²) in [6.07, 6.45) is 0. The van der Waals surface area contributed by atoms with Gasteiger partial charge in [-0.1, -0.05) is 24.3 Å². The van der Waals surface area contributed by atoms with Crippen LogP contribution in [0.15, 0.2) is 48.5 Å². The fourth-order valence-electron chi connectivity index (χ4n) is 4.70. The Morgan fingerprint density at radius 2 is 1.85 bits per heavy atom. The molecule has 3 aromatic rings. The molecule has 5 rings (SSSR count). The van der Waals surface area contributed by atoms with Crippen molar-refractivity contribution in [3.63, 3.8) is 0 Å². The van der Waals surface area contributed by atoms with Gasteiger partial charge in [0.1, 0.15) is 0 Å². The van der Waals surface area contributed by atoms with Crippen molar-refractivity contribution in [1.82, 2.24) is 4.90 Å². The Labute approximate surface area is 165 Å². The second kappa shape index (κ2) is 6.62. The second-order valence-electron chi connectivity index (χ2n) is 8.09. The molecule has 0 aliphatic carbocycles. The van der Waals surface area contributed by atoms with E-state index in [-0.39, 0.29) is 5.41 Å². The van der Waals surface area contributed by atoms with E-state index in [1.165, 1.54) is 31.8 Å². The van der Waals surface area contributed by atoms with Crippen LogP contribution in [-0.2, 0) is 16.7 Å². The van der Waals surface area contributed by atoms with Crippen LogP contribution in [0, 0.1) is 0 Å². The molecule has 0 bridgehead atoms. The quantitative estimate of drug-likeness (QED) is 0.653. The van der Waals surface area contributed by atoms with Crippen molar-refractivity contribution in [1.29, 1.82) is 0 Å². The third-order valence-electron chi connectivity index (χ3n) is 6.06. The number of thiophene rings is 1. The SMILES string of the molecule is CN1Cc2cc(N3CCOCC3)ccc2C(C)(c2cc3ccccc3s2)C1. The molecule has 0 spiro atoms. The van der Waals surface area contributed by atoms with Gasteiger partial charge in [-0.15, -0.1) is 11.3 Å². The van der Waals surface area contributed by atoms with Crippen LogP contribution in [0.1, 0.15) is 22.9 Å². The van der Waals surface area contributed by atoms with Crippen molar-refractivity contribution < 1.29 is 4.74 Å². The number of rotatable bonds is 2. The highest BCUT2D eigenvalue weighted by atomic mass is 32.1. The summed E-state index contributed by atoms with van der Waals surface area (Å²) in [5.74, 6) is 0. The average molecular weight is 379 g/mol. The van der Waals surface area contributed by atoms with Crippen molar-refractivity contribution in [2.45, 2.75) is 18.9 Å². The zero-order chi connectivity index (χ0) is 18.4. The van der Waals surface area contributed by atoms with Gasteiger partial charge in [-0.05, 0) is 54.8 Å². The topological polar surface area (TPSA) is 15.7 Å². The van der Waals surface area contributed by atoms with E-state index in [4.69, 9.17) is 4.74 Å². The highest BCUT2D eigenvalue weighted by molar-refractivity contribution is 7.19. The lowest BCUT2D eigenvalue weighted by molar-refractivity contribution is 0.122. The molecule has 3 heterocycles. The molecule has 3 nitrogen and oxygen atoms in total. The number of ether oxygens (including phenoxy) is 1. The van der Waals surface area contributed by atoms with Gasteiger partial charge in [0.2, 0.25) is 0 Å². The molecular weight excluding hydrogens is 352 g/mol. The number of hydrogen-bond donors (Lipinski definition) is 0. The zero-order valence-electron chi connectivity index (χ0n) is 16.1. The van der Waals surface area contributed by atoms with Crippen LogP contribution in [0.2, 0.25) is 0 Å². The number of nitrogens with zero attached hydrogens (tertiary/aromatic N) is 2. The van der Waals surface area contributed by atoms with Crippen LogP contribution in [0.5, 0.6) is 0 Å². The van der Waals surface area contributed by atoms with E-state index >= 15 is 0 Å². The monoisotopic (exact) mass is 378 g/mol. The van der Waals surface area contributed by atoms with Crippen molar-refractivity contribution in [2.24, 2.45) is 0 Å². The Balaban J connectivity index is 1.58. The summed E-state index contributed by atoms with van der Waals surface area (Å²) < 4.78 is 6.90. The van der Waals surface area contributed by atoms with E-state index in [2.05, 4.69) is 72.3 Å². The van der Waals surface area contributed by atoms with E-state index in [1.807, 2.05) is 11.3 Å². The molecule has 0 N–H and O–H groups in total. The summed E-state index contributed by atoms with van der Waals surface area (Å²) in [6.45, 7) is 8.13. The van der Waals surface area contributed by atoms with Gasteiger partial charge in [-0.2, -0.15) is 0 Å². The number of fused-ring (bicyclic) bond motifs is 2. The Bertz CT molecular complexity index is 942.